The maximum Gasteiger partial charge on any atom is 0.251 e. The summed E-state index contributed by atoms with van der Waals surface area (Å²) in [5.74, 6) is 0.0196. The lowest BCUT2D eigenvalue weighted by Crippen LogP contribution is -2.36. The fourth-order valence-corrected chi connectivity index (χ4v) is 4.16. The van der Waals surface area contributed by atoms with Crippen LogP contribution in [0.4, 0.5) is 5.69 Å². The standard InChI is InChI=1S/C21H31N3O2.ClH/c1-14-12-16(20(25)23-18-8-3-2-4-9-18)10-11-19(14)24-21(26)15-6-5-7-17(22)13-15;/h10-12,15,17-18H,2-9,13,22H2,1H3,(H,23,25)(H,24,26);1H. The number of benzene rings is 1. The number of hydrogen-bond donors (Lipinski definition) is 3. The molecule has 0 bridgehead atoms. The molecule has 4 N–H and O–H groups in total. The van der Waals surface area contributed by atoms with Crippen LogP contribution in [0.3, 0.4) is 0 Å². The van der Waals surface area contributed by atoms with E-state index >= 15 is 0 Å². The molecule has 150 valence electrons. The lowest BCUT2D eigenvalue weighted by Gasteiger charge is -2.26. The van der Waals surface area contributed by atoms with Gasteiger partial charge in [-0.15, -0.1) is 12.4 Å². The van der Waals surface area contributed by atoms with Gasteiger partial charge in [-0.1, -0.05) is 25.7 Å². The van der Waals surface area contributed by atoms with Crippen molar-refractivity contribution in [3.8, 4) is 0 Å². The first-order valence-corrected chi connectivity index (χ1v) is 10.0. The highest BCUT2D eigenvalue weighted by molar-refractivity contribution is 5.97. The number of anilines is 1. The van der Waals surface area contributed by atoms with Crippen molar-refractivity contribution in [2.45, 2.75) is 76.8 Å². The van der Waals surface area contributed by atoms with E-state index in [0.29, 0.717) is 11.6 Å². The third-order valence-corrected chi connectivity index (χ3v) is 5.77. The lowest BCUT2D eigenvalue weighted by atomic mass is 9.85. The molecule has 6 heteroatoms. The van der Waals surface area contributed by atoms with Gasteiger partial charge in [-0.2, -0.15) is 0 Å². The second-order valence-electron chi connectivity index (χ2n) is 7.95. The Morgan fingerprint density at radius 3 is 2.44 bits per heavy atom. The molecule has 2 atom stereocenters. The normalized spacial score (nSPS) is 23.2. The van der Waals surface area contributed by atoms with Crippen LogP contribution in [0.2, 0.25) is 0 Å². The van der Waals surface area contributed by atoms with Crippen molar-refractivity contribution in [2.24, 2.45) is 11.7 Å². The third kappa shape index (κ3) is 5.94. The molecular formula is C21H32ClN3O2. The summed E-state index contributed by atoms with van der Waals surface area (Å²) in [6.07, 6.45) is 9.48. The van der Waals surface area contributed by atoms with Crippen molar-refractivity contribution in [3.05, 3.63) is 29.3 Å². The molecule has 0 aliphatic heterocycles. The van der Waals surface area contributed by atoms with Crippen molar-refractivity contribution in [1.82, 2.24) is 5.32 Å². The van der Waals surface area contributed by atoms with Crippen LogP contribution < -0.4 is 16.4 Å². The minimum absolute atomic E-state index is 0. The van der Waals surface area contributed by atoms with Crippen LogP contribution in [0, 0.1) is 12.8 Å². The SMILES string of the molecule is Cc1cc(C(=O)NC2CCCCC2)ccc1NC(=O)C1CCCC(N)C1.Cl. The number of carbonyl (C=O) groups is 2. The number of nitrogens with two attached hydrogens (primary N) is 1. The molecule has 0 heterocycles. The Morgan fingerprint density at radius 2 is 1.78 bits per heavy atom. The van der Waals surface area contributed by atoms with E-state index in [0.717, 1.165) is 49.8 Å². The highest BCUT2D eigenvalue weighted by Gasteiger charge is 2.25. The van der Waals surface area contributed by atoms with Gasteiger partial charge in [-0.25, -0.2) is 0 Å². The Kier molecular flexibility index (Phi) is 8.11. The molecular weight excluding hydrogens is 362 g/mol. The summed E-state index contributed by atoms with van der Waals surface area (Å²) in [7, 11) is 0. The van der Waals surface area contributed by atoms with E-state index in [1.807, 2.05) is 19.1 Å². The average molecular weight is 394 g/mol. The second-order valence-corrected chi connectivity index (χ2v) is 7.95. The fraction of sp³-hybridized carbons (Fsp3) is 0.619. The summed E-state index contributed by atoms with van der Waals surface area (Å²) in [4.78, 5) is 25.0. The van der Waals surface area contributed by atoms with Crippen LogP contribution in [0.25, 0.3) is 0 Å². The van der Waals surface area contributed by atoms with Crippen molar-refractivity contribution in [1.29, 1.82) is 0 Å². The van der Waals surface area contributed by atoms with Gasteiger partial charge in [0.1, 0.15) is 0 Å². The smallest absolute Gasteiger partial charge is 0.251 e. The first-order valence-electron chi connectivity index (χ1n) is 10.0. The number of rotatable bonds is 4. The van der Waals surface area contributed by atoms with Crippen LogP contribution >= 0.6 is 12.4 Å². The Bertz CT molecular complexity index is 659. The zero-order valence-electron chi connectivity index (χ0n) is 16.1. The molecule has 0 aromatic heterocycles. The van der Waals surface area contributed by atoms with Gasteiger partial charge in [-0.3, -0.25) is 9.59 Å². The second kappa shape index (κ2) is 10.1. The van der Waals surface area contributed by atoms with Gasteiger partial charge in [0, 0.05) is 29.3 Å². The van der Waals surface area contributed by atoms with E-state index in [1.54, 1.807) is 6.07 Å². The van der Waals surface area contributed by atoms with Crippen LogP contribution in [0.5, 0.6) is 0 Å². The molecule has 2 amide bonds. The number of halogens is 1. The van der Waals surface area contributed by atoms with Crippen molar-refractivity contribution in [3.63, 3.8) is 0 Å². The van der Waals surface area contributed by atoms with Gasteiger partial charge in [0.15, 0.2) is 0 Å². The molecule has 2 saturated carbocycles. The van der Waals surface area contributed by atoms with Crippen LogP contribution in [-0.4, -0.2) is 23.9 Å². The molecule has 0 radical (unpaired) electrons. The van der Waals surface area contributed by atoms with Crippen LogP contribution in [-0.2, 0) is 4.79 Å². The Labute approximate surface area is 168 Å². The highest BCUT2D eigenvalue weighted by Crippen LogP contribution is 2.26. The lowest BCUT2D eigenvalue weighted by molar-refractivity contribution is -0.120. The topological polar surface area (TPSA) is 84.2 Å². The first-order chi connectivity index (χ1) is 12.5. The zero-order chi connectivity index (χ0) is 18.5. The van der Waals surface area contributed by atoms with Gasteiger partial charge >= 0.3 is 0 Å². The van der Waals surface area contributed by atoms with Crippen LogP contribution in [0.15, 0.2) is 18.2 Å². The molecule has 0 saturated heterocycles. The predicted octanol–water partition coefficient (Wildman–Crippen LogP) is 3.94. The number of amides is 2. The summed E-state index contributed by atoms with van der Waals surface area (Å²) < 4.78 is 0. The van der Waals surface area contributed by atoms with Gasteiger partial charge in [-0.05, 0) is 62.8 Å². The van der Waals surface area contributed by atoms with E-state index < -0.39 is 0 Å². The van der Waals surface area contributed by atoms with Gasteiger partial charge in [0.05, 0.1) is 0 Å². The van der Waals surface area contributed by atoms with Gasteiger partial charge in [0.25, 0.3) is 5.91 Å². The fourth-order valence-electron chi connectivity index (χ4n) is 4.16. The van der Waals surface area contributed by atoms with Crippen LogP contribution in [0.1, 0.15) is 73.7 Å². The molecule has 0 spiro atoms. The van der Waals surface area contributed by atoms with E-state index in [-0.39, 0.29) is 36.2 Å². The quantitative estimate of drug-likeness (QED) is 0.724. The highest BCUT2D eigenvalue weighted by atomic mass is 35.5. The Hall–Kier alpha value is -1.59. The molecule has 3 rings (SSSR count). The molecule has 2 unspecified atom stereocenters. The van der Waals surface area contributed by atoms with Crippen molar-refractivity contribution in [2.75, 3.05) is 5.32 Å². The monoisotopic (exact) mass is 393 g/mol. The first kappa shape index (κ1) is 21.7. The third-order valence-electron chi connectivity index (χ3n) is 5.77. The maximum atomic E-state index is 12.5. The Balaban J connectivity index is 0.00000261. The minimum Gasteiger partial charge on any atom is -0.349 e. The summed E-state index contributed by atoms with van der Waals surface area (Å²) in [6, 6.07) is 5.93. The van der Waals surface area contributed by atoms with Gasteiger partial charge < -0.3 is 16.4 Å². The minimum atomic E-state index is -0.0175. The number of hydrogen-bond acceptors (Lipinski definition) is 3. The molecule has 1 aromatic carbocycles. The Morgan fingerprint density at radius 1 is 1.04 bits per heavy atom. The average Bonchev–Trinajstić information content (AvgIpc) is 2.64. The maximum absolute atomic E-state index is 12.5. The van der Waals surface area contributed by atoms with E-state index in [1.165, 1.54) is 19.3 Å². The summed E-state index contributed by atoms with van der Waals surface area (Å²) in [6.45, 7) is 1.93. The summed E-state index contributed by atoms with van der Waals surface area (Å²) in [5.41, 5.74) is 8.34. The van der Waals surface area contributed by atoms with Crippen molar-refractivity contribution < 1.29 is 9.59 Å². The molecule has 5 nitrogen and oxygen atoms in total. The zero-order valence-corrected chi connectivity index (χ0v) is 16.9. The number of nitrogens with one attached hydrogen (secondary N) is 2. The van der Waals surface area contributed by atoms with E-state index in [9.17, 15) is 9.59 Å². The number of aryl methyl sites for hydroxylation is 1. The molecule has 2 aliphatic rings. The van der Waals surface area contributed by atoms with E-state index in [4.69, 9.17) is 5.73 Å². The molecule has 2 aliphatic carbocycles. The van der Waals surface area contributed by atoms with Crippen molar-refractivity contribution >= 4 is 29.9 Å². The largest absolute Gasteiger partial charge is 0.349 e. The summed E-state index contributed by atoms with van der Waals surface area (Å²) in [5, 5.41) is 6.16. The summed E-state index contributed by atoms with van der Waals surface area (Å²) >= 11 is 0. The molecule has 2 fully saturated rings. The molecule has 1 aromatic rings. The van der Waals surface area contributed by atoms with E-state index in [2.05, 4.69) is 10.6 Å². The number of carbonyl (C=O) groups excluding carboxylic acids is 2. The molecule has 27 heavy (non-hydrogen) atoms. The van der Waals surface area contributed by atoms with Gasteiger partial charge in [0.2, 0.25) is 5.91 Å². The predicted molar refractivity (Wildman–Crippen MR) is 111 cm³/mol.